The van der Waals surface area contributed by atoms with Gasteiger partial charge in [-0.1, -0.05) is 19.9 Å². The molecular formula is C21H33N3O2. The van der Waals surface area contributed by atoms with Crippen LogP contribution < -0.4 is 0 Å². The lowest BCUT2D eigenvalue weighted by Gasteiger charge is -2.49. The van der Waals surface area contributed by atoms with Crippen LogP contribution >= 0.6 is 0 Å². The minimum Gasteiger partial charge on any atom is -0.378 e. The number of hydrogen-bond acceptors (Lipinski definition) is 5. The van der Waals surface area contributed by atoms with E-state index >= 15 is 0 Å². The summed E-state index contributed by atoms with van der Waals surface area (Å²) in [5.74, 6) is 0.908. The molecule has 26 heavy (non-hydrogen) atoms. The van der Waals surface area contributed by atoms with Gasteiger partial charge in [0.15, 0.2) is 0 Å². The summed E-state index contributed by atoms with van der Waals surface area (Å²) in [6, 6.07) is 5.62. The molecule has 0 aromatic carbocycles. The smallest absolute Gasteiger partial charge is 0.201 e. The van der Waals surface area contributed by atoms with Crippen LogP contribution in [0.15, 0.2) is 24.4 Å². The fraction of sp³-hybridized carbons (Fsp3) is 0.714. The van der Waals surface area contributed by atoms with Crippen LogP contribution in [0.2, 0.25) is 0 Å². The first kappa shape index (κ1) is 19.5. The van der Waals surface area contributed by atoms with E-state index in [4.69, 9.17) is 4.74 Å². The third-order valence-electron chi connectivity index (χ3n) is 5.86. The molecule has 2 saturated heterocycles. The number of rotatable bonds is 6. The molecule has 5 nitrogen and oxygen atoms in total. The lowest BCUT2D eigenvalue weighted by atomic mass is 9.79. The molecule has 0 radical (unpaired) electrons. The largest absolute Gasteiger partial charge is 0.378 e. The molecule has 5 heteroatoms. The summed E-state index contributed by atoms with van der Waals surface area (Å²) in [7, 11) is 0. The molecule has 2 aliphatic heterocycles. The van der Waals surface area contributed by atoms with Crippen molar-refractivity contribution in [1.29, 1.82) is 0 Å². The van der Waals surface area contributed by atoms with Gasteiger partial charge < -0.3 is 9.64 Å². The number of hydrogen-bond donors (Lipinski definition) is 0. The van der Waals surface area contributed by atoms with Crippen molar-refractivity contribution in [3.63, 3.8) is 0 Å². The van der Waals surface area contributed by atoms with E-state index in [0.717, 1.165) is 51.5 Å². The van der Waals surface area contributed by atoms with Gasteiger partial charge in [0.1, 0.15) is 5.69 Å². The average molecular weight is 360 g/mol. The summed E-state index contributed by atoms with van der Waals surface area (Å²) < 4.78 is 5.79. The first-order chi connectivity index (χ1) is 12.5. The zero-order chi connectivity index (χ0) is 18.6. The zero-order valence-corrected chi connectivity index (χ0v) is 16.5. The molecule has 0 aliphatic carbocycles. The van der Waals surface area contributed by atoms with Gasteiger partial charge in [-0.2, -0.15) is 0 Å². The van der Waals surface area contributed by atoms with Gasteiger partial charge in [0.25, 0.3) is 0 Å². The number of piperazine rings is 1. The number of carbonyl (C=O) groups is 1. The van der Waals surface area contributed by atoms with Crippen LogP contribution in [-0.4, -0.2) is 71.5 Å². The maximum absolute atomic E-state index is 13.5. The molecule has 0 bridgehead atoms. The van der Waals surface area contributed by atoms with E-state index in [-0.39, 0.29) is 11.9 Å². The highest BCUT2D eigenvalue weighted by molar-refractivity contribution is 6.01. The van der Waals surface area contributed by atoms with Crippen molar-refractivity contribution in [1.82, 2.24) is 14.8 Å². The normalized spacial score (nSPS) is 28.4. The highest BCUT2D eigenvalue weighted by Gasteiger charge is 2.48. The second-order valence-electron chi connectivity index (χ2n) is 8.22. The van der Waals surface area contributed by atoms with E-state index in [1.807, 2.05) is 18.2 Å². The Kier molecular flexibility index (Phi) is 6.43. The van der Waals surface area contributed by atoms with Crippen molar-refractivity contribution in [2.45, 2.75) is 51.7 Å². The van der Waals surface area contributed by atoms with Crippen molar-refractivity contribution in [2.75, 3.05) is 39.3 Å². The molecule has 2 aliphatic rings. The van der Waals surface area contributed by atoms with E-state index in [0.29, 0.717) is 12.3 Å². The minimum absolute atomic E-state index is 0.107. The SMILES string of the molecule is CC(C)CCN1CCN([C@@]2(C(=O)c3ccccn3)CCO[C@@H](C)C2)CC1. The number of pyridine rings is 1. The van der Waals surface area contributed by atoms with Crippen LogP contribution in [0.4, 0.5) is 0 Å². The Hall–Kier alpha value is -1.30. The Morgan fingerprint density at radius 3 is 2.69 bits per heavy atom. The fourth-order valence-corrected chi connectivity index (χ4v) is 4.28. The lowest BCUT2D eigenvalue weighted by molar-refractivity contribution is -0.0644. The molecule has 0 spiro atoms. The third kappa shape index (κ3) is 4.33. The Morgan fingerprint density at radius 1 is 1.31 bits per heavy atom. The highest BCUT2D eigenvalue weighted by atomic mass is 16.5. The molecule has 2 atom stereocenters. The maximum atomic E-state index is 13.5. The van der Waals surface area contributed by atoms with E-state index < -0.39 is 5.54 Å². The van der Waals surface area contributed by atoms with Gasteiger partial charge in [0.2, 0.25) is 5.78 Å². The summed E-state index contributed by atoms with van der Waals surface area (Å²) in [5, 5.41) is 0. The molecule has 0 unspecified atom stereocenters. The van der Waals surface area contributed by atoms with Crippen LogP contribution in [0.25, 0.3) is 0 Å². The topological polar surface area (TPSA) is 45.7 Å². The first-order valence-corrected chi connectivity index (χ1v) is 10.1. The van der Waals surface area contributed by atoms with Crippen LogP contribution in [0.5, 0.6) is 0 Å². The summed E-state index contributed by atoms with van der Waals surface area (Å²) in [4.78, 5) is 22.8. The number of Topliss-reactive ketones (excluding diaryl/α,β-unsaturated/α-hetero) is 1. The third-order valence-corrected chi connectivity index (χ3v) is 5.86. The van der Waals surface area contributed by atoms with E-state index in [9.17, 15) is 4.79 Å². The van der Waals surface area contributed by atoms with Crippen LogP contribution in [0.3, 0.4) is 0 Å². The van der Waals surface area contributed by atoms with Gasteiger partial charge >= 0.3 is 0 Å². The predicted octanol–water partition coefficient (Wildman–Crippen LogP) is 2.87. The zero-order valence-electron chi connectivity index (χ0n) is 16.5. The molecule has 144 valence electrons. The fourth-order valence-electron chi connectivity index (χ4n) is 4.28. The number of ether oxygens (including phenoxy) is 1. The lowest BCUT2D eigenvalue weighted by Crippen LogP contribution is -2.63. The summed E-state index contributed by atoms with van der Waals surface area (Å²) in [6.45, 7) is 12.4. The molecule has 0 amide bonds. The molecular weight excluding hydrogens is 326 g/mol. The molecule has 3 heterocycles. The average Bonchev–Trinajstić information content (AvgIpc) is 2.66. The van der Waals surface area contributed by atoms with Crippen molar-refractivity contribution in [2.24, 2.45) is 5.92 Å². The number of carbonyl (C=O) groups excluding carboxylic acids is 1. The number of aromatic nitrogens is 1. The van der Waals surface area contributed by atoms with Gasteiger partial charge in [0, 0.05) is 39.0 Å². The van der Waals surface area contributed by atoms with Gasteiger partial charge in [-0.15, -0.1) is 0 Å². The summed E-state index contributed by atoms with van der Waals surface area (Å²) in [5.41, 5.74) is 0.125. The van der Waals surface area contributed by atoms with Crippen LogP contribution in [-0.2, 0) is 4.74 Å². The minimum atomic E-state index is -0.462. The molecule has 0 N–H and O–H groups in total. The van der Waals surface area contributed by atoms with E-state index in [1.54, 1.807) is 6.20 Å². The van der Waals surface area contributed by atoms with Crippen molar-refractivity contribution >= 4 is 5.78 Å². The quantitative estimate of drug-likeness (QED) is 0.731. The molecule has 3 rings (SSSR count). The molecule has 1 aromatic heterocycles. The van der Waals surface area contributed by atoms with Gasteiger partial charge in [-0.25, -0.2) is 0 Å². The molecule has 0 saturated carbocycles. The first-order valence-electron chi connectivity index (χ1n) is 10.1. The second kappa shape index (κ2) is 8.59. The number of nitrogens with zero attached hydrogens (tertiary/aromatic N) is 3. The predicted molar refractivity (Wildman–Crippen MR) is 103 cm³/mol. The highest BCUT2D eigenvalue weighted by Crippen LogP contribution is 2.35. The van der Waals surface area contributed by atoms with Crippen molar-refractivity contribution in [3.05, 3.63) is 30.1 Å². The van der Waals surface area contributed by atoms with Crippen molar-refractivity contribution in [3.8, 4) is 0 Å². The van der Waals surface area contributed by atoms with Crippen LogP contribution in [0, 0.1) is 5.92 Å². The molecule has 1 aromatic rings. The van der Waals surface area contributed by atoms with Gasteiger partial charge in [0.05, 0.1) is 11.6 Å². The standard InChI is InChI=1S/C21H33N3O2/c1-17(2)7-10-23-11-13-24(14-12-23)21(8-15-26-18(3)16-21)20(25)19-6-4-5-9-22-19/h4-6,9,17-18H,7-8,10-16H2,1-3H3/t18-,21-/m0/s1. The summed E-state index contributed by atoms with van der Waals surface area (Å²) >= 11 is 0. The number of ketones is 1. The monoisotopic (exact) mass is 359 g/mol. The maximum Gasteiger partial charge on any atom is 0.201 e. The van der Waals surface area contributed by atoms with E-state index in [1.165, 1.54) is 6.42 Å². The summed E-state index contributed by atoms with van der Waals surface area (Å²) in [6.07, 6.45) is 4.58. The Bertz CT molecular complexity index is 584. The Balaban J connectivity index is 1.74. The van der Waals surface area contributed by atoms with Gasteiger partial charge in [-0.3, -0.25) is 14.7 Å². The Labute approximate surface area is 157 Å². The Morgan fingerprint density at radius 2 is 2.08 bits per heavy atom. The second-order valence-corrected chi connectivity index (χ2v) is 8.22. The van der Waals surface area contributed by atoms with Crippen LogP contribution in [0.1, 0.15) is 50.5 Å². The van der Waals surface area contributed by atoms with Crippen molar-refractivity contribution < 1.29 is 9.53 Å². The van der Waals surface area contributed by atoms with E-state index in [2.05, 4.69) is 35.6 Å². The molecule has 2 fully saturated rings. The van der Waals surface area contributed by atoms with Gasteiger partial charge in [-0.05, 0) is 50.8 Å².